The van der Waals surface area contributed by atoms with Gasteiger partial charge in [0.1, 0.15) is 17.2 Å². The van der Waals surface area contributed by atoms with Crippen molar-refractivity contribution in [1.82, 2.24) is 4.98 Å². The third kappa shape index (κ3) is 3.70. The van der Waals surface area contributed by atoms with Crippen molar-refractivity contribution in [3.8, 4) is 0 Å². The molecule has 1 heterocycles. The van der Waals surface area contributed by atoms with Crippen LogP contribution in [0.2, 0.25) is 0 Å². The second-order valence-corrected chi connectivity index (χ2v) is 8.09. The molecule has 1 aromatic heterocycles. The van der Waals surface area contributed by atoms with Gasteiger partial charge in [0.05, 0.1) is 5.51 Å². The topological polar surface area (TPSA) is 76.6 Å². The quantitative estimate of drug-likeness (QED) is 0.819. The lowest BCUT2D eigenvalue weighted by atomic mass is 10.2. The average Bonchev–Trinajstić information content (AvgIpc) is 2.89. The van der Waals surface area contributed by atoms with Crippen LogP contribution >= 0.6 is 11.3 Å². The van der Waals surface area contributed by atoms with E-state index in [0.29, 0.717) is 0 Å². The number of anilines is 1. The number of halogens is 2. The first-order valence-corrected chi connectivity index (χ1v) is 9.03. The minimum atomic E-state index is -4.90. The number of nitrogens with zero attached hydrogens (tertiary/aromatic N) is 2. The van der Waals surface area contributed by atoms with Crippen molar-refractivity contribution in [3.05, 3.63) is 40.7 Å². The van der Waals surface area contributed by atoms with Crippen LogP contribution in [-0.4, -0.2) is 25.1 Å². The van der Waals surface area contributed by atoms with E-state index in [4.69, 9.17) is 4.74 Å². The standard InChI is InChI=1S/C14H14F2N2O4S2/c1-14(2,3)22-13(19)18(11-7-23-8-17-11)24(20,21)12-9(15)5-4-6-10(12)16/h4-8H,1-3H3. The predicted molar refractivity (Wildman–Crippen MR) is 84.4 cm³/mol. The summed E-state index contributed by atoms with van der Waals surface area (Å²) in [6, 6.07) is 2.58. The summed E-state index contributed by atoms with van der Waals surface area (Å²) in [5, 5.41) is 1.25. The maximum absolute atomic E-state index is 13.9. The van der Waals surface area contributed by atoms with E-state index in [2.05, 4.69) is 4.98 Å². The number of thiazole rings is 1. The highest BCUT2D eigenvalue weighted by Crippen LogP contribution is 2.28. The van der Waals surface area contributed by atoms with Crippen molar-refractivity contribution < 1.29 is 26.7 Å². The fourth-order valence-corrected chi connectivity index (χ4v) is 3.72. The van der Waals surface area contributed by atoms with Gasteiger partial charge >= 0.3 is 6.09 Å². The normalized spacial score (nSPS) is 12.0. The number of sulfonamides is 1. The van der Waals surface area contributed by atoms with E-state index in [1.54, 1.807) is 0 Å². The zero-order chi connectivity index (χ0) is 18.1. The van der Waals surface area contributed by atoms with Crippen LogP contribution in [0.1, 0.15) is 20.8 Å². The third-order valence-corrected chi connectivity index (χ3v) is 4.90. The lowest BCUT2D eigenvalue weighted by Crippen LogP contribution is -2.41. The van der Waals surface area contributed by atoms with Gasteiger partial charge in [-0.25, -0.2) is 27.0 Å². The van der Waals surface area contributed by atoms with Crippen LogP contribution in [-0.2, 0) is 14.8 Å². The molecule has 0 aliphatic rings. The van der Waals surface area contributed by atoms with Gasteiger partial charge in [-0.3, -0.25) is 0 Å². The van der Waals surface area contributed by atoms with Gasteiger partial charge in [-0.05, 0) is 32.9 Å². The Balaban J connectivity index is 2.61. The number of hydrogen-bond donors (Lipinski definition) is 0. The smallest absolute Gasteiger partial charge is 0.430 e. The van der Waals surface area contributed by atoms with Gasteiger partial charge in [0.2, 0.25) is 0 Å². The Kier molecular flexibility index (Phi) is 4.90. The molecule has 0 aliphatic carbocycles. The minimum Gasteiger partial charge on any atom is -0.443 e. The molecule has 0 radical (unpaired) electrons. The number of carbonyl (C=O) groups is 1. The Morgan fingerprint density at radius 2 is 1.83 bits per heavy atom. The van der Waals surface area contributed by atoms with Crippen LogP contribution in [0.15, 0.2) is 34.0 Å². The van der Waals surface area contributed by atoms with Gasteiger partial charge in [-0.1, -0.05) is 6.07 Å². The minimum absolute atomic E-state index is 0.149. The fourth-order valence-electron chi connectivity index (χ4n) is 1.74. The summed E-state index contributed by atoms with van der Waals surface area (Å²) in [7, 11) is -4.90. The first-order chi connectivity index (χ1) is 11.0. The third-order valence-electron chi connectivity index (χ3n) is 2.60. The Hall–Kier alpha value is -2.07. The summed E-state index contributed by atoms with van der Waals surface area (Å²) in [5.41, 5.74) is 0.259. The highest BCUT2D eigenvalue weighted by atomic mass is 32.2. The van der Waals surface area contributed by atoms with Crippen molar-refractivity contribution in [2.45, 2.75) is 31.3 Å². The van der Waals surface area contributed by atoms with Crippen LogP contribution < -0.4 is 4.31 Å². The summed E-state index contributed by atoms with van der Waals surface area (Å²) in [6.45, 7) is 4.58. The van der Waals surface area contributed by atoms with Crippen LogP contribution in [0.5, 0.6) is 0 Å². The van der Waals surface area contributed by atoms with Crippen molar-refractivity contribution in [3.63, 3.8) is 0 Å². The molecule has 0 N–H and O–H groups in total. The van der Waals surface area contributed by atoms with Gasteiger partial charge in [-0.2, -0.15) is 0 Å². The van der Waals surface area contributed by atoms with Crippen molar-refractivity contribution in [2.75, 3.05) is 4.31 Å². The van der Waals surface area contributed by atoms with E-state index in [1.807, 2.05) is 0 Å². The summed E-state index contributed by atoms with van der Waals surface area (Å²) >= 11 is 1.01. The highest BCUT2D eigenvalue weighted by Gasteiger charge is 2.39. The van der Waals surface area contributed by atoms with Crippen molar-refractivity contribution in [2.24, 2.45) is 0 Å². The Morgan fingerprint density at radius 3 is 2.29 bits per heavy atom. The molecule has 0 fully saturated rings. The number of aromatic nitrogens is 1. The molecule has 0 spiro atoms. The van der Waals surface area contributed by atoms with Gasteiger partial charge in [0.25, 0.3) is 10.0 Å². The van der Waals surface area contributed by atoms with Crippen molar-refractivity contribution in [1.29, 1.82) is 0 Å². The van der Waals surface area contributed by atoms with E-state index in [9.17, 15) is 22.0 Å². The maximum Gasteiger partial charge on any atom is 0.430 e. The Bertz CT molecular complexity index is 826. The van der Waals surface area contributed by atoms with Crippen LogP contribution in [0, 0.1) is 11.6 Å². The Morgan fingerprint density at radius 1 is 1.25 bits per heavy atom. The van der Waals surface area contributed by atoms with E-state index < -0.39 is 38.2 Å². The lowest BCUT2D eigenvalue weighted by molar-refractivity contribution is 0.0608. The monoisotopic (exact) mass is 376 g/mol. The van der Waals surface area contributed by atoms with Crippen LogP contribution in [0.25, 0.3) is 0 Å². The summed E-state index contributed by atoms with van der Waals surface area (Å²) < 4.78 is 58.5. The van der Waals surface area contributed by atoms with E-state index >= 15 is 0 Å². The number of ether oxygens (including phenoxy) is 1. The highest BCUT2D eigenvalue weighted by molar-refractivity contribution is 7.93. The zero-order valence-corrected chi connectivity index (χ0v) is 14.6. The molecule has 1 aromatic carbocycles. The largest absolute Gasteiger partial charge is 0.443 e. The SMILES string of the molecule is CC(C)(C)OC(=O)N(c1cscn1)S(=O)(=O)c1c(F)cccc1F. The molecule has 24 heavy (non-hydrogen) atoms. The summed E-state index contributed by atoms with van der Waals surface area (Å²) in [6.07, 6.45) is -1.31. The molecule has 0 aliphatic heterocycles. The lowest BCUT2D eigenvalue weighted by Gasteiger charge is -2.25. The predicted octanol–water partition coefficient (Wildman–Crippen LogP) is 3.55. The molecule has 130 valence electrons. The van der Waals surface area contributed by atoms with E-state index in [0.717, 1.165) is 29.5 Å². The molecule has 0 bridgehead atoms. The Labute approximate surface area is 141 Å². The maximum atomic E-state index is 13.9. The number of carbonyl (C=O) groups excluding carboxylic acids is 1. The molecular weight excluding hydrogens is 362 g/mol. The molecule has 0 atom stereocenters. The molecule has 2 aromatic rings. The van der Waals surface area contributed by atoms with E-state index in [1.165, 1.54) is 31.7 Å². The molecule has 6 nitrogen and oxygen atoms in total. The van der Waals surface area contributed by atoms with Crippen LogP contribution in [0.3, 0.4) is 0 Å². The van der Waals surface area contributed by atoms with Gasteiger partial charge in [0.15, 0.2) is 10.7 Å². The zero-order valence-electron chi connectivity index (χ0n) is 13.0. The first kappa shape index (κ1) is 18.3. The number of benzene rings is 1. The summed E-state index contributed by atoms with van der Waals surface area (Å²) in [5.74, 6) is -2.95. The number of hydrogen-bond acceptors (Lipinski definition) is 6. The number of amides is 1. The molecule has 1 amide bonds. The van der Waals surface area contributed by atoms with Crippen LogP contribution in [0.4, 0.5) is 19.4 Å². The average molecular weight is 376 g/mol. The molecule has 0 unspecified atom stereocenters. The second kappa shape index (κ2) is 6.44. The van der Waals surface area contributed by atoms with Gasteiger partial charge in [-0.15, -0.1) is 15.6 Å². The number of rotatable bonds is 3. The first-order valence-electron chi connectivity index (χ1n) is 6.64. The molecule has 0 saturated heterocycles. The van der Waals surface area contributed by atoms with Gasteiger partial charge in [0, 0.05) is 5.38 Å². The fraction of sp³-hybridized carbons (Fsp3) is 0.286. The van der Waals surface area contributed by atoms with Crippen molar-refractivity contribution >= 4 is 33.3 Å². The molecular formula is C14H14F2N2O4S2. The van der Waals surface area contributed by atoms with E-state index in [-0.39, 0.29) is 10.1 Å². The molecule has 10 heteroatoms. The molecule has 2 rings (SSSR count). The molecule has 0 saturated carbocycles. The second-order valence-electron chi connectivity index (χ2n) is 5.65. The van der Waals surface area contributed by atoms with Gasteiger partial charge < -0.3 is 4.74 Å². The summed E-state index contributed by atoms with van der Waals surface area (Å²) in [4.78, 5) is 14.8.